The van der Waals surface area contributed by atoms with Crippen molar-refractivity contribution in [2.24, 2.45) is 10.2 Å². The maximum Gasteiger partial charge on any atom is 0.350 e. The van der Waals surface area contributed by atoms with Gasteiger partial charge in [0.2, 0.25) is 0 Å². The highest BCUT2D eigenvalue weighted by atomic mass is 32.1. The van der Waals surface area contributed by atoms with Crippen LogP contribution in [0.3, 0.4) is 0 Å². The minimum Gasteiger partial charge on any atom is -0.510 e. The number of methoxy groups -OCH3 is 1. The number of carbonyl (C=O) groups is 2. The summed E-state index contributed by atoms with van der Waals surface area (Å²) < 4.78 is 4.58. The van der Waals surface area contributed by atoms with E-state index in [9.17, 15) is 14.7 Å². The highest BCUT2D eigenvalue weighted by Crippen LogP contribution is 2.27. The first-order valence-electron chi connectivity index (χ1n) is 4.95. The van der Waals surface area contributed by atoms with E-state index >= 15 is 0 Å². The monoisotopic (exact) mass is 268 g/mol. The summed E-state index contributed by atoms with van der Waals surface area (Å²) >= 11 is 1.16. The lowest BCUT2D eigenvalue weighted by molar-refractivity contribution is -0.113. The molecule has 0 aliphatic carbocycles. The van der Waals surface area contributed by atoms with Gasteiger partial charge in [0, 0.05) is 6.92 Å². The number of ether oxygens (including phenoxy) is 1. The maximum absolute atomic E-state index is 11.4. The molecule has 0 bridgehead atoms. The highest BCUT2D eigenvalue weighted by molar-refractivity contribution is 7.12. The number of esters is 1. The van der Waals surface area contributed by atoms with E-state index in [1.165, 1.54) is 21.0 Å². The minimum absolute atomic E-state index is 0.142. The number of aliphatic hydroxyl groups is 1. The average molecular weight is 268 g/mol. The van der Waals surface area contributed by atoms with Gasteiger partial charge >= 0.3 is 5.97 Å². The van der Waals surface area contributed by atoms with Gasteiger partial charge in [0.15, 0.2) is 11.5 Å². The predicted octanol–water partition coefficient (Wildman–Crippen LogP) is 3.00. The Kier molecular flexibility index (Phi) is 4.73. The van der Waals surface area contributed by atoms with Crippen molar-refractivity contribution in [3.63, 3.8) is 0 Å². The fourth-order valence-corrected chi connectivity index (χ4v) is 1.87. The third-order valence-corrected chi connectivity index (χ3v) is 2.83. The number of aliphatic hydroxyl groups excluding tert-OH is 1. The van der Waals surface area contributed by atoms with Crippen LogP contribution in [0.1, 0.15) is 23.5 Å². The molecule has 0 amide bonds. The SMILES string of the molecule is COC(=O)c1sccc1N=NC(C(C)=O)=C(C)O. The van der Waals surface area contributed by atoms with E-state index in [-0.39, 0.29) is 11.5 Å². The molecule has 0 fully saturated rings. The van der Waals surface area contributed by atoms with Gasteiger partial charge in [0.25, 0.3) is 0 Å². The highest BCUT2D eigenvalue weighted by Gasteiger charge is 2.14. The van der Waals surface area contributed by atoms with E-state index < -0.39 is 11.8 Å². The van der Waals surface area contributed by atoms with Gasteiger partial charge < -0.3 is 9.84 Å². The van der Waals surface area contributed by atoms with Crippen molar-refractivity contribution in [3.8, 4) is 0 Å². The molecule has 6 nitrogen and oxygen atoms in total. The van der Waals surface area contributed by atoms with Crippen LogP contribution in [0, 0.1) is 0 Å². The van der Waals surface area contributed by atoms with Gasteiger partial charge in [-0.15, -0.1) is 21.6 Å². The standard InChI is InChI=1S/C11H12N2O4S/c1-6(14)9(7(2)15)13-12-8-4-5-18-10(8)11(16)17-3/h4-5,14H,1-3H3. The van der Waals surface area contributed by atoms with Crippen LogP contribution in [0.25, 0.3) is 0 Å². The third-order valence-electron chi connectivity index (χ3n) is 1.95. The molecule has 0 aromatic carbocycles. The summed E-state index contributed by atoms with van der Waals surface area (Å²) in [5.41, 5.74) is 0.156. The first-order chi connectivity index (χ1) is 8.47. The van der Waals surface area contributed by atoms with Crippen LogP contribution in [-0.4, -0.2) is 24.0 Å². The van der Waals surface area contributed by atoms with E-state index in [1.54, 1.807) is 11.4 Å². The molecule has 0 radical (unpaired) electrons. The first kappa shape index (κ1) is 14.0. The normalized spacial score (nSPS) is 12.4. The molecule has 0 saturated heterocycles. The zero-order chi connectivity index (χ0) is 13.7. The van der Waals surface area contributed by atoms with Crippen molar-refractivity contribution in [2.45, 2.75) is 13.8 Å². The lowest BCUT2D eigenvalue weighted by Crippen LogP contribution is -1.98. The molecule has 0 spiro atoms. The topological polar surface area (TPSA) is 88.3 Å². The van der Waals surface area contributed by atoms with Crippen LogP contribution < -0.4 is 0 Å². The summed E-state index contributed by atoms with van der Waals surface area (Å²) in [5.74, 6) is -1.15. The van der Waals surface area contributed by atoms with Gasteiger partial charge in [-0.3, -0.25) is 4.79 Å². The Hall–Kier alpha value is -2.02. The van der Waals surface area contributed by atoms with Crippen molar-refractivity contribution in [1.82, 2.24) is 0 Å². The number of hydrogen-bond donors (Lipinski definition) is 1. The number of thiophene rings is 1. The van der Waals surface area contributed by atoms with Crippen molar-refractivity contribution >= 4 is 28.8 Å². The Labute approximate surface area is 108 Å². The van der Waals surface area contributed by atoms with Gasteiger partial charge in [-0.1, -0.05) is 0 Å². The zero-order valence-corrected chi connectivity index (χ0v) is 10.9. The Morgan fingerprint density at radius 3 is 2.56 bits per heavy atom. The first-order valence-corrected chi connectivity index (χ1v) is 5.83. The van der Waals surface area contributed by atoms with E-state index in [1.807, 2.05) is 0 Å². The quantitative estimate of drug-likeness (QED) is 0.393. The Balaban J connectivity index is 3.05. The second-order valence-corrected chi connectivity index (χ2v) is 4.23. The Morgan fingerprint density at radius 2 is 2.06 bits per heavy atom. The fourth-order valence-electron chi connectivity index (χ4n) is 1.13. The molecular weight excluding hydrogens is 256 g/mol. The molecule has 96 valence electrons. The summed E-state index contributed by atoms with van der Waals surface area (Å²) in [5, 5.41) is 18.3. The van der Waals surface area contributed by atoms with Gasteiger partial charge in [0.05, 0.1) is 7.11 Å². The lowest BCUT2D eigenvalue weighted by Gasteiger charge is -1.98. The fraction of sp³-hybridized carbons (Fsp3) is 0.273. The molecule has 1 aromatic heterocycles. The summed E-state index contributed by atoms with van der Waals surface area (Å²) in [6.45, 7) is 2.60. The molecule has 1 aromatic rings. The second kappa shape index (κ2) is 6.06. The van der Waals surface area contributed by atoms with Crippen molar-refractivity contribution < 1.29 is 19.4 Å². The van der Waals surface area contributed by atoms with Gasteiger partial charge in [-0.25, -0.2) is 4.79 Å². The number of Topliss-reactive ketones (excluding diaryl/α,β-unsaturated/α-hetero) is 1. The number of nitrogens with zero attached hydrogens (tertiary/aromatic N) is 2. The van der Waals surface area contributed by atoms with E-state index in [2.05, 4.69) is 15.0 Å². The number of rotatable bonds is 4. The molecule has 0 unspecified atom stereocenters. The largest absolute Gasteiger partial charge is 0.510 e. The van der Waals surface area contributed by atoms with Crippen LogP contribution in [0.5, 0.6) is 0 Å². The van der Waals surface area contributed by atoms with Gasteiger partial charge in [-0.2, -0.15) is 0 Å². The van der Waals surface area contributed by atoms with E-state index in [0.29, 0.717) is 10.6 Å². The second-order valence-electron chi connectivity index (χ2n) is 3.32. The molecule has 1 N–H and O–H groups in total. The summed E-state index contributed by atoms with van der Waals surface area (Å²) in [6, 6.07) is 1.57. The number of allylic oxidation sites excluding steroid dienone is 2. The summed E-state index contributed by atoms with van der Waals surface area (Å²) in [7, 11) is 1.27. The Bertz CT molecular complexity index is 527. The average Bonchev–Trinajstić information content (AvgIpc) is 2.75. The molecule has 7 heteroatoms. The number of carbonyl (C=O) groups excluding carboxylic acids is 2. The smallest absolute Gasteiger partial charge is 0.350 e. The minimum atomic E-state index is -0.520. The van der Waals surface area contributed by atoms with Crippen molar-refractivity contribution in [2.75, 3.05) is 7.11 Å². The van der Waals surface area contributed by atoms with Crippen LogP contribution in [-0.2, 0) is 9.53 Å². The molecule has 0 aliphatic heterocycles. The molecule has 18 heavy (non-hydrogen) atoms. The van der Waals surface area contributed by atoms with Crippen molar-refractivity contribution in [3.05, 3.63) is 27.8 Å². The van der Waals surface area contributed by atoms with Crippen LogP contribution in [0.4, 0.5) is 5.69 Å². The predicted molar refractivity (Wildman–Crippen MR) is 66.2 cm³/mol. The number of hydrogen-bond acceptors (Lipinski definition) is 7. The summed E-state index contributed by atoms with van der Waals surface area (Å²) in [4.78, 5) is 22.8. The van der Waals surface area contributed by atoms with Gasteiger partial charge in [0.1, 0.15) is 16.3 Å². The maximum atomic E-state index is 11.4. The van der Waals surface area contributed by atoms with Crippen LogP contribution in [0.2, 0.25) is 0 Å². The van der Waals surface area contributed by atoms with Crippen LogP contribution in [0.15, 0.2) is 33.1 Å². The molecule has 1 rings (SSSR count). The lowest BCUT2D eigenvalue weighted by atomic mass is 10.3. The van der Waals surface area contributed by atoms with Gasteiger partial charge in [-0.05, 0) is 18.4 Å². The van der Waals surface area contributed by atoms with E-state index in [4.69, 9.17) is 0 Å². The number of azo groups is 1. The van der Waals surface area contributed by atoms with E-state index in [0.717, 1.165) is 11.3 Å². The Morgan fingerprint density at radius 1 is 1.39 bits per heavy atom. The van der Waals surface area contributed by atoms with Crippen LogP contribution >= 0.6 is 11.3 Å². The summed E-state index contributed by atoms with van der Waals surface area (Å²) in [6.07, 6.45) is 0. The molecular formula is C11H12N2O4S. The molecule has 0 aliphatic rings. The molecule has 0 saturated carbocycles. The molecule has 1 heterocycles. The molecule has 0 atom stereocenters. The number of ketones is 1. The zero-order valence-electron chi connectivity index (χ0n) is 10.1. The van der Waals surface area contributed by atoms with Crippen molar-refractivity contribution in [1.29, 1.82) is 0 Å². The third kappa shape index (κ3) is 3.24.